The van der Waals surface area contributed by atoms with Gasteiger partial charge < -0.3 is 10.1 Å². The lowest BCUT2D eigenvalue weighted by atomic mass is 10.1. The number of nitrogens with one attached hydrogen (secondary N) is 2. The van der Waals surface area contributed by atoms with Crippen molar-refractivity contribution in [1.29, 1.82) is 5.26 Å². The highest BCUT2D eigenvalue weighted by Gasteiger charge is 2.15. The van der Waals surface area contributed by atoms with Crippen LogP contribution in [-0.4, -0.2) is 11.7 Å². The van der Waals surface area contributed by atoms with Crippen molar-refractivity contribution in [3.05, 3.63) is 59.7 Å². The minimum Gasteiger partial charge on any atom is -0.444 e. The first-order valence-electron chi connectivity index (χ1n) is 7.69. The van der Waals surface area contributed by atoms with E-state index >= 15 is 0 Å². The molecular formula is C19H21N3O2. The fraction of sp³-hybridized carbons (Fsp3) is 0.263. The zero-order valence-electron chi connectivity index (χ0n) is 14.1. The fourth-order valence-corrected chi connectivity index (χ4v) is 1.99. The van der Waals surface area contributed by atoms with Gasteiger partial charge in [0.15, 0.2) is 0 Å². The van der Waals surface area contributed by atoms with Gasteiger partial charge in [-0.3, -0.25) is 5.32 Å². The minimum atomic E-state index is -0.521. The van der Waals surface area contributed by atoms with Gasteiger partial charge in [0, 0.05) is 17.9 Å². The van der Waals surface area contributed by atoms with Crippen LogP contribution in [0.25, 0.3) is 0 Å². The van der Waals surface area contributed by atoms with Crippen LogP contribution >= 0.6 is 0 Å². The maximum atomic E-state index is 11.7. The number of hydrogen-bond donors (Lipinski definition) is 2. The van der Waals surface area contributed by atoms with E-state index in [2.05, 4.69) is 16.7 Å². The van der Waals surface area contributed by atoms with E-state index in [1.807, 2.05) is 57.2 Å². The first-order valence-corrected chi connectivity index (χ1v) is 7.69. The summed E-state index contributed by atoms with van der Waals surface area (Å²) in [6, 6.07) is 16.9. The molecule has 5 nitrogen and oxygen atoms in total. The van der Waals surface area contributed by atoms with Gasteiger partial charge >= 0.3 is 6.09 Å². The molecule has 0 aliphatic carbocycles. The Kier molecular flexibility index (Phi) is 5.43. The quantitative estimate of drug-likeness (QED) is 0.867. The summed E-state index contributed by atoms with van der Waals surface area (Å²) < 4.78 is 5.21. The predicted octanol–water partition coefficient (Wildman–Crippen LogP) is 4.52. The van der Waals surface area contributed by atoms with Crippen LogP contribution in [-0.2, 0) is 11.3 Å². The van der Waals surface area contributed by atoms with E-state index in [1.165, 1.54) is 0 Å². The first-order chi connectivity index (χ1) is 11.4. The maximum absolute atomic E-state index is 11.7. The lowest BCUT2D eigenvalue weighted by molar-refractivity contribution is 0.0636. The smallest absolute Gasteiger partial charge is 0.412 e. The average molecular weight is 323 g/mol. The van der Waals surface area contributed by atoms with E-state index in [-0.39, 0.29) is 0 Å². The number of ether oxygens (including phenoxy) is 1. The van der Waals surface area contributed by atoms with E-state index in [0.29, 0.717) is 17.8 Å². The molecule has 24 heavy (non-hydrogen) atoms. The van der Waals surface area contributed by atoms with E-state index in [9.17, 15) is 4.79 Å². The van der Waals surface area contributed by atoms with Crippen molar-refractivity contribution >= 4 is 17.5 Å². The van der Waals surface area contributed by atoms with Crippen molar-refractivity contribution in [3.63, 3.8) is 0 Å². The van der Waals surface area contributed by atoms with Crippen LogP contribution < -0.4 is 10.6 Å². The third-order valence-corrected chi connectivity index (χ3v) is 3.11. The summed E-state index contributed by atoms with van der Waals surface area (Å²) in [5, 5.41) is 14.8. The molecule has 2 rings (SSSR count). The SMILES string of the molecule is CC(C)(C)OC(=O)Nc1ccc(NCc2ccc(C#N)cc2)cc1. The molecule has 0 aliphatic heterocycles. The van der Waals surface area contributed by atoms with E-state index < -0.39 is 11.7 Å². The second kappa shape index (κ2) is 7.51. The van der Waals surface area contributed by atoms with Gasteiger partial charge in [-0.2, -0.15) is 5.26 Å². The molecule has 0 spiro atoms. The number of amides is 1. The van der Waals surface area contributed by atoms with E-state index in [0.717, 1.165) is 11.3 Å². The lowest BCUT2D eigenvalue weighted by Gasteiger charge is -2.19. The van der Waals surface area contributed by atoms with Gasteiger partial charge in [0.05, 0.1) is 11.6 Å². The summed E-state index contributed by atoms with van der Waals surface area (Å²) in [7, 11) is 0. The third-order valence-electron chi connectivity index (χ3n) is 3.11. The average Bonchev–Trinajstić information content (AvgIpc) is 2.53. The van der Waals surface area contributed by atoms with Crippen LogP contribution in [0, 0.1) is 11.3 Å². The van der Waals surface area contributed by atoms with Crippen LogP contribution in [0.15, 0.2) is 48.5 Å². The summed E-state index contributed by atoms with van der Waals surface area (Å²) in [6.07, 6.45) is -0.471. The zero-order chi connectivity index (χ0) is 17.6. The molecule has 1 amide bonds. The predicted molar refractivity (Wildman–Crippen MR) is 94.8 cm³/mol. The van der Waals surface area contributed by atoms with E-state index in [4.69, 9.17) is 10.00 Å². The summed E-state index contributed by atoms with van der Waals surface area (Å²) >= 11 is 0. The molecule has 124 valence electrons. The molecule has 0 saturated heterocycles. The molecule has 0 aliphatic rings. The van der Waals surface area contributed by atoms with Gasteiger partial charge in [-0.25, -0.2) is 4.79 Å². The Hall–Kier alpha value is -3.00. The number of carbonyl (C=O) groups excluding carboxylic acids is 1. The zero-order valence-corrected chi connectivity index (χ0v) is 14.1. The number of hydrogen-bond acceptors (Lipinski definition) is 4. The molecule has 0 unspecified atom stereocenters. The third kappa shape index (κ3) is 5.65. The molecule has 0 heterocycles. The largest absolute Gasteiger partial charge is 0.444 e. The normalized spacial score (nSPS) is 10.6. The minimum absolute atomic E-state index is 0.471. The van der Waals surface area contributed by atoms with Crippen LogP contribution in [0.2, 0.25) is 0 Å². The second-order valence-corrected chi connectivity index (χ2v) is 6.37. The molecule has 0 bridgehead atoms. The Balaban J connectivity index is 1.87. The number of nitrogens with zero attached hydrogens (tertiary/aromatic N) is 1. The van der Waals surface area contributed by atoms with Crippen molar-refractivity contribution in [2.24, 2.45) is 0 Å². The number of nitriles is 1. The van der Waals surface area contributed by atoms with Crippen molar-refractivity contribution in [2.45, 2.75) is 32.9 Å². The van der Waals surface area contributed by atoms with Gasteiger partial charge in [-0.1, -0.05) is 12.1 Å². The van der Waals surface area contributed by atoms with Crippen molar-refractivity contribution in [1.82, 2.24) is 0 Å². The van der Waals surface area contributed by atoms with Crippen LogP contribution in [0.4, 0.5) is 16.2 Å². The molecule has 0 aromatic heterocycles. The molecule has 0 radical (unpaired) electrons. The molecule has 2 aromatic rings. The number of benzene rings is 2. The molecular weight excluding hydrogens is 302 g/mol. The highest BCUT2D eigenvalue weighted by molar-refractivity contribution is 5.85. The van der Waals surface area contributed by atoms with Gasteiger partial charge in [-0.05, 0) is 62.7 Å². The summed E-state index contributed by atoms with van der Waals surface area (Å²) in [6.45, 7) is 6.12. The molecule has 0 atom stereocenters. The Morgan fingerprint density at radius 3 is 2.17 bits per heavy atom. The van der Waals surface area contributed by atoms with Gasteiger partial charge in [0.25, 0.3) is 0 Å². The highest BCUT2D eigenvalue weighted by atomic mass is 16.6. The summed E-state index contributed by atoms with van der Waals surface area (Å²) in [5.74, 6) is 0. The lowest BCUT2D eigenvalue weighted by Crippen LogP contribution is -2.27. The van der Waals surface area contributed by atoms with Crippen LogP contribution in [0.5, 0.6) is 0 Å². The molecule has 5 heteroatoms. The Morgan fingerprint density at radius 1 is 1.04 bits per heavy atom. The van der Waals surface area contributed by atoms with Crippen molar-refractivity contribution in [3.8, 4) is 6.07 Å². The molecule has 0 saturated carbocycles. The Labute approximate surface area is 142 Å². The van der Waals surface area contributed by atoms with Crippen LogP contribution in [0.3, 0.4) is 0 Å². The van der Waals surface area contributed by atoms with Gasteiger partial charge in [0.2, 0.25) is 0 Å². The number of rotatable bonds is 4. The van der Waals surface area contributed by atoms with E-state index in [1.54, 1.807) is 12.1 Å². The second-order valence-electron chi connectivity index (χ2n) is 6.37. The van der Waals surface area contributed by atoms with Crippen molar-refractivity contribution in [2.75, 3.05) is 10.6 Å². The Bertz CT molecular complexity index is 723. The number of anilines is 2. The molecule has 2 aromatic carbocycles. The van der Waals surface area contributed by atoms with Gasteiger partial charge in [-0.15, -0.1) is 0 Å². The van der Waals surface area contributed by atoms with Gasteiger partial charge in [0.1, 0.15) is 5.60 Å². The van der Waals surface area contributed by atoms with Crippen molar-refractivity contribution < 1.29 is 9.53 Å². The standard InChI is InChI=1S/C19H21N3O2/c1-19(2,3)24-18(23)22-17-10-8-16(9-11-17)21-13-15-6-4-14(12-20)5-7-15/h4-11,21H,13H2,1-3H3,(H,22,23). The maximum Gasteiger partial charge on any atom is 0.412 e. The summed E-state index contributed by atoms with van der Waals surface area (Å²) in [4.78, 5) is 11.7. The highest BCUT2D eigenvalue weighted by Crippen LogP contribution is 2.16. The number of carbonyl (C=O) groups is 1. The monoisotopic (exact) mass is 323 g/mol. The van der Waals surface area contributed by atoms with Crippen LogP contribution in [0.1, 0.15) is 31.9 Å². The fourth-order valence-electron chi connectivity index (χ4n) is 1.99. The first kappa shape index (κ1) is 17.4. The summed E-state index contributed by atoms with van der Waals surface area (Å²) in [5.41, 5.74) is 2.83. The Morgan fingerprint density at radius 2 is 1.62 bits per heavy atom. The molecule has 0 fully saturated rings. The molecule has 2 N–H and O–H groups in total. The topological polar surface area (TPSA) is 74.2 Å².